The molecule has 0 amide bonds. The molecule has 0 spiro atoms. The summed E-state index contributed by atoms with van der Waals surface area (Å²) in [5.74, 6) is 1.40. The Morgan fingerprint density at radius 1 is 1.40 bits per heavy atom. The Morgan fingerprint density at radius 2 is 2.13 bits per heavy atom. The summed E-state index contributed by atoms with van der Waals surface area (Å²) >= 11 is 0. The fourth-order valence-corrected chi connectivity index (χ4v) is 1.73. The van der Waals surface area contributed by atoms with E-state index >= 15 is 0 Å². The van der Waals surface area contributed by atoms with Gasteiger partial charge in [0, 0.05) is 14.1 Å². The normalized spacial score (nSPS) is 10.6. The maximum absolute atomic E-state index is 10.9. The first-order valence-corrected chi connectivity index (χ1v) is 4.75. The standard InChI is InChI=1S/C11H13N3O/c1-8-9-5-4-6-11(13(2)3)14(9)10(7-15)12-8/h4-7H,1-3H3. The highest BCUT2D eigenvalue weighted by Gasteiger charge is 2.10. The van der Waals surface area contributed by atoms with Crippen LogP contribution in [0.25, 0.3) is 5.52 Å². The molecule has 78 valence electrons. The van der Waals surface area contributed by atoms with E-state index in [2.05, 4.69) is 4.98 Å². The van der Waals surface area contributed by atoms with Crippen LogP contribution >= 0.6 is 0 Å². The van der Waals surface area contributed by atoms with E-state index in [-0.39, 0.29) is 0 Å². The predicted octanol–water partition coefficient (Wildman–Crippen LogP) is 1.52. The van der Waals surface area contributed by atoms with Crippen LogP contribution < -0.4 is 4.90 Å². The molecule has 2 rings (SSSR count). The number of pyridine rings is 1. The van der Waals surface area contributed by atoms with E-state index in [1.54, 1.807) is 0 Å². The Kier molecular flexibility index (Phi) is 2.19. The minimum absolute atomic E-state index is 0.451. The van der Waals surface area contributed by atoms with E-state index in [9.17, 15) is 4.79 Å². The summed E-state index contributed by atoms with van der Waals surface area (Å²) in [6.07, 6.45) is 0.785. The molecule has 0 bridgehead atoms. The van der Waals surface area contributed by atoms with Crippen LogP contribution in [-0.4, -0.2) is 29.8 Å². The summed E-state index contributed by atoms with van der Waals surface area (Å²) < 4.78 is 1.86. The maximum Gasteiger partial charge on any atom is 0.186 e. The van der Waals surface area contributed by atoms with E-state index in [4.69, 9.17) is 0 Å². The van der Waals surface area contributed by atoms with Gasteiger partial charge in [0.2, 0.25) is 0 Å². The van der Waals surface area contributed by atoms with Crippen LogP contribution in [0.15, 0.2) is 18.2 Å². The molecular weight excluding hydrogens is 190 g/mol. The van der Waals surface area contributed by atoms with E-state index < -0.39 is 0 Å². The number of nitrogens with zero attached hydrogens (tertiary/aromatic N) is 3. The SMILES string of the molecule is Cc1nc(C=O)n2c(N(C)C)cccc12. The van der Waals surface area contributed by atoms with Crippen LogP contribution in [0.1, 0.15) is 16.3 Å². The summed E-state index contributed by atoms with van der Waals surface area (Å²) in [5, 5.41) is 0. The van der Waals surface area contributed by atoms with Gasteiger partial charge in [0.1, 0.15) is 5.82 Å². The van der Waals surface area contributed by atoms with Gasteiger partial charge in [-0.25, -0.2) is 4.98 Å². The van der Waals surface area contributed by atoms with E-state index in [1.165, 1.54) is 0 Å². The first kappa shape index (κ1) is 9.71. The summed E-state index contributed by atoms with van der Waals surface area (Å²) in [5.41, 5.74) is 1.85. The van der Waals surface area contributed by atoms with Crippen molar-refractivity contribution in [1.82, 2.24) is 9.38 Å². The molecule has 0 fully saturated rings. The third-order valence-corrected chi connectivity index (χ3v) is 2.42. The van der Waals surface area contributed by atoms with Crippen LogP contribution in [0.3, 0.4) is 0 Å². The van der Waals surface area contributed by atoms with Crippen LogP contribution in [0.4, 0.5) is 5.82 Å². The van der Waals surface area contributed by atoms with E-state index in [0.29, 0.717) is 5.82 Å². The molecular formula is C11H13N3O. The average molecular weight is 203 g/mol. The lowest BCUT2D eigenvalue weighted by Crippen LogP contribution is -2.13. The molecule has 2 heterocycles. The average Bonchev–Trinajstić information content (AvgIpc) is 2.55. The Balaban J connectivity index is 2.88. The lowest BCUT2D eigenvalue weighted by molar-refractivity contribution is 0.111. The molecule has 0 aliphatic rings. The van der Waals surface area contributed by atoms with Crippen molar-refractivity contribution in [2.45, 2.75) is 6.92 Å². The van der Waals surface area contributed by atoms with Crippen molar-refractivity contribution in [3.8, 4) is 0 Å². The topological polar surface area (TPSA) is 37.6 Å². The third-order valence-electron chi connectivity index (χ3n) is 2.42. The number of hydrogen-bond donors (Lipinski definition) is 0. The number of aryl methyl sites for hydroxylation is 1. The highest BCUT2D eigenvalue weighted by Crippen LogP contribution is 2.19. The van der Waals surface area contributed by atoms with Gasteiger partial charge < -0.3 is 4.90 Å². The van der Waals surface area contributed by atoms with Crippen LogP contribution in [0, 0.1) is 6.92 Å². The second-order valence-corrected chi connectivity index (χ2v) is 3.67. The Hall–Kier alpha value is -1.84. The molecule has 0 unspecified atom stereocenters. The molecule has 0 saturated heterocycles. The smallest absolute Gasteiger partial charge is 0.186 e. The van der Waals surface area contributed by atoms with Gasteiger partial charge in [-0.05, 0) is 19.1 Å². The maximum atomic E-state index is 10.9. The molecule has 0 radical (unpaired) electrons. The first-order chi connectivity index (χ1) is 7.15. The molecule has 0 N–H and O–H groups in total. The zero-order valence-corrected chi connectivity index (χ0v) is 9.06. The number of carbonyl (C=O) groups excluding carboxylic acids is 1. The Morgan fingerprint density at radius 3 is 2.73 bits per heavy atom. The predicted molar refractivity (Wildman–Crippen MR) is 59.6 cm³/mol. The number of rotatable bonds is 2. The molecule has 0 aliphatic carbocycles. The Labute approximate surface area is 88.2 Å². The second-order valence-electron chi connectivity index (χ2n) is 3.67. The third kappa shape index (κ3) is 1.38. The number of anilines is 1. The molecule has 15 heavy (non-hydrogen) atoms. The molecule has 0 saturated carbocycles. The van der Waals surface area contributed by atoms with Crippen molar-refractivity contribution >= 4 is 17.6 Å². The summed E-state index contributed by atoms with van der Waals surface area (Å²) in [7, 11) is 3.89. The van der Waals surface area contributed by atoms with Gasteiger partial charge in [-0.3, -0.25) is 9.20 Å². The number of fused-ring (bicyclic) bond motifs is 1. The van der Waals surface area contributed by atoms with Gasteiger partial charge in [-0.15, -0.1) is 0 Å². The van der Waals surface area contributed by atoms with Crippen molar-refractivity contribution in [1.29, 1.82) is 0 Å². The van der Waals surface area contributed by atoms with Crippen molar-refractivity contribution in [3.63, 3.8) is 0 Å². The molecule has 0 atom stereocenters. The minimum Gasteiger partial charge on any atom is -0.364 e. The summed E-state index contributed by atoms with van der Waals surface area (Å²) in [6.45, 7) is 1.90. The van der Waals surface area contributed by atoms with Crippen molar-refractivity contribution in [3.05, 3.63) is 29.7 Å². The van der Waals surface area contributed by atoms with Gasteiger partial charge in [0.05, 0.1) is 11.2 Å². The highest BCUT2D eigenvalue weighted by molar-refractivity contribution is 5.75. The van der Waals surface area contributed by atoms with Gasteiger partial charge in [-0.2, -0.15) is 0 Å². The fourth-order valence-electron chi connectivity index (χ4n) is 1.73. The van der Waals surface area contributed by atoms with Gasteiger partial charge >= 0.3 is 0 Å². The molecule has 4 heteroatoms. The quantitative estimate of drug-likeness (QED) is 0.694. The lowest BCUT2D eigenvalue weighted by Gasteiger charge is -2.15. The molecule has 0 aliphatic heterocycles. The van der Waals surface area contributed by atoms with Gasteiger partial charge in [0.25, 0.3) is 0 Å². The van der Waals surface area contributed by atoms with E-state index in [0.717, 1.165) is 23.3 Å². The molecule has 2 aromatic heterocycles. The molecule has 4 nitrogen and oxygen atoms in total. The van der Waals surface area contributed by atoms with Crippen LogP contribution in [0.2, 0.25) is 0 Å². The lowest BCUT2D eigenvalue weighted by atomic mass is 10.3. The van der Waals surface area contributed by atoms with Crippen molar-refractivity contribution in [2.24, 2.45) is 0 Å². The Bertz CT molecular complexity index is 514. The highest BCUT2D eigenvalue weighted by atomic mass is 16.1. The van der Waals surface area contributed by atoms with Crippen LogP contribution in [-0.2, 0) is 0 Å². The van der Waals surface area contributed by atoms with Crippen molar-refractivity contribution < 1.29 is 4.79 Å². The van der Waals surface area contributed by atoms with Crippen LogP contribution in [0.5, 0.6) is 0 Å². The number of imidazole rings is 1. The number of aromatic nitrogens is 2. The minimum atomic E-state index is 0.451. The summed E-state index contributed by atoms with van der Waals surface area (Å²) in [6, 6.07) is 5.89. The molecule has 2 aromatic rings. The van der Waals surface area contributed by atoms with E-state index in [1.807, 2.05) is 48.5 Å². The van der Waals surface area contributed by atoms with Crippen molar-refractivity contribution in [2.75, 3.05) is 19.0 Å². The largest absolute Gasteiger partial charge is 0.364 e. The first-order valence-electron chi connectivity index (χ1n) is 4.75. The summed E-state index contributed by atoms with van der Waals surface area (Å²) in [4.78, 5) is 17.1. The molecule has 0 aromatic carbocycles. The number of hydrogen-bond acceptors (Lipinski definition) is 3. The van der Waals surface area contributed by atoms with Gasteiger partial charge in [-0.1, -0.05) is 6.07 Å². The number of aldehydes is 1. The van der Waals surface area contributed by atoms with Gasteiger partial charge in [0.15, 0.2) is 12.1 Å². The fraction of sp³-hybridized carbons (Fsp3) is 0.273. The zero-order valence-electron chi connectivity index (χ0n) is 9.06. The zero-order chi connectivity index (χ0) is 11.0. The number of carbonyl (C=O) groups is 1. The second kappa shape index (κ2) is 3.38. The monoisotopic (exact) mass is 203 g/mol.